The maximum atomic E-state index is 13.8. The van der Waals surface area contributed by atoms with Crippen LogP contribution in [0.2, 0.25) is 0 Å². The van der Waals surface area contributed by atoms with E-state index in [1.54, 1.807) is 6.92 Å². The molecule has 3 rings (SSSR count). The zero-order chi connectivity index (χ0) is 24.7. The van der Waals surface area contributed by atoms with Gasteiger partial charge in [-0.25, -0.2) is 4.98 Å². The average molecular weight is 516 g/mol. The second kappa shape index (κ2) is 9.16. The minimum absolute atomic E-state index is 0.00455. The van der Waals surface area contributed by atoms with E-state index in [4.69, 9.17) is 5.73 Å². The number of thiazole rings is 1. The van der Waals surface area contributed by atoms with Gasteiger partial charge < -0.3 is 15.0 Å². The molecule has 0 bridgehead atoms. The quantitative estimate of drug-likeness (QED) is 0.314. The highest BCUT2D eigenvalue weighted by Gasteiger charge is 2.73. The van der Waals surface area contributed by atoms with Gasteiger partial charge in [-0.05, 0) is 35.9 Å². The Morgan fingerprint density at radius 3 is 2.30 bits per heavy atom. The van der Waals surface area contributed by atoms with Crippen LogP contribution in [0.5, 0.6) is 0 Å². The first-order valence-electron chi connectivity index (χ1n) is 10.0. The van der Waals surface area contributed by atoms with Crippen LogP contribution in [0.15, 0.2) is 24.3 Å². The van der Waals surface area contributed by atoms with Crippen molar-refractivity contribution in [2.24, 2.45) is 0 Å². The molecule has 5 nitrogen and oxygen atoms in total. The first-order valence-corrected chi connectivity index (χ1v) is 11.9. The number of nitrogens with zero attached hydrogens (tertiary/aromatic N) is 1. The summed E-state index contributed by atoms with van der Waals surface area (Å²) >= 11 is -1.61. The number of hydrogen-bond acceptors (Lipinski definition) is 6. The predicted octanol–water partition coefficient (Wildman–Crippen LogP) is 5.13. The summed E-state index contributed by atoms with van der Waals surface area (Å²) in [5.74, 6) is 0. The predicted molar refractivity (Wildman–Crippen MR) is 110 cm³/mol. The Kier molecular flexibility index (Phi) is 7.19. The molecule has 13 heteroatoms. The molecule has 0 spiro atoms. The lowest BCUT2D eigenvalue weighted by atomic mass is 9.82. The van der Waals surface area contributed by atoms with E-state index in [2.05, 4.69) is 9.72 Å². The van der Waals surface area contributed by atoms with Gasteiger partial charge in [-0.2, -0.15) is 26.3 Å². The fraction of sp³-hybridized carbons (Fsp3) is 0.550. The summed E-state index contributed by atoms with van der Waals surface area (Å²) in [7, 11) is 0. The first kappa shape index (κ1) is 25.9. The molecule has 1 aromatic carbocycles. The van der Waals surface area contributed by atoms with E-state index < -0.39 is 46.0 Å². The van der Waals surface area contributed by atoms with Gasteiger partial charge in [0.25, 0.3) is 5.60 Å². The number of ether oxygens (including phenoxy) is 1. The van der Waals surface area contributed by atoms with Crippen LogP contribution in [0.1, 0.15) is 47.9 Å². The van der Waals surface area contributed by atoms with Crippen molar-refractivity contribution in [2.75, 3.05) is 12.3 Å². The molecule has 0 aliphatic heterocycles. The molecule has 1 aromatic heterocycles. The van der Waals surface area contributed by atoms with Gasteiger partial charge in [0.1, 0.15) is 0 Å². The van der Waals surface area contributed by atoms with E-state index >= 15 is 0 Å². The molecule has 184 valence electrons. The molecule has 0 saturated carbocycles. The van der Waals surface area contributed by atoms with Gasteiger partial charge in [0, 0.05) is 23.5 Å². The van der Waals surface area contributed by atoms with Crippen molar-refractivity contribution in [3.8, 4) is 0 Å². The standard InChI is InChI=1S/C20H22F6N2O3S2/c1-2-3-10-31-18(19(21,22)23,20(24,25)26)13-6-4-12(5-7-13)17(33(29)30)9-8-14-15(11-17)32-16(27)28-14/h4-7H,2-3,8-11H2,1H3,(H2,27,28)(H,29,30)/p-1. The van der Waals surface area contributed by atoms with Crippen LogP contribution in [-0.2, 0) is 39.0 Å². The highest BCUT2D eigenvalue weighted by molar-refractivity contribution is 7.80. The summed E-state index contributed by atoms with van der Waals surface area (Å²) in [6, 6.07) is 3.28. The van der Waals surface area contributed by atoms with Crippen LogP contribution in [-0.4, -0.2) is 32.7 Å². The number of hydrogen-bond donors (Lipinski definition) is 1. The number of aryl methyl sites for hydroxylation is 1. The molecule has 1 heterocycles. The van der Waals surface area contributed by atoms with E-state index in [0.717, 1.165) is 23.5 Å². The minimum Gasteiger partial charge on any atom is -0.772 e. The maximum absolute atomic E-state index is 13.8. The van der Waals surface area contributed by atoms with Gasteiger partial charge in [0.05, 0.1) is 10.4 Å². The summed E-state index contributed by atoms with van der Waals surface area (Å²) in [6.07, 6.45) is -10.9. The van der Waals surface area contributed by atoms with Crippen LogP contribution < -0.4 is 5.73 Å². The SMILES string of the molecule is CCCCOC(c1ccc(C2(S(=O)[O-])CCc3nc(N)sc3C2)cc1)(C(F)(F)F)C(F)(F)F. The number of nitrogen functional groups attached to an aromatic ring is 1. The molecule has 1 aliphatic carbocycles. The Morgan fingerprint density at radius 1 is 1.18 bits per heavy atom. The lowest BCUT2D eigenvalue weighted by Crippen LogP contribution is -2.56. The monoisotopic (exact) mass is 515 g/mol. The van der Waals surface area contributed by atoms with Crippen molar-refractivity contribution < 1.29 is 39.8 Å². The van der Waals surface area contributed by atoms with Crippen molar-refractivity contribution in [3.05, 3.63) is 46.0 Å². The van der Waals surface area contributed by atoms with Crippen molar-refractivity contribution in [1.29, 1.82) is 0 Å². The highest BCUT2D eigenvalue weighted by Crippen LogP contribution is 2.53. The number of unbranched alkanes of at least 4 members (excludes halogenated alkanes) is 1. The summed E-state index contributed by atoms with van der Waals surface area (Å²) in [5, 5.41) is 0.257. The summed E-state index contributed by atoms with van der Waals surface area (Å²) in [6.45, 7) is 0.858. The zero-order valence-electron chi connectivity index (χ0n) is 17.4. The fourth-order valence-corrected chi connectivity index (χ4v) is 5.95. The van der Waals surface area contributed by atoms with Gasteiger partial charge in [-0.15, -0.1) is 11.3 Å². The molecule has 2 unspecified atom stereocenters. The summed E-state index contributed by atoms with van der Waals surface area (Å²) < 4.78 is 111. The van der Waals surface area contributed by atoms with Crippen molar-refractivity contribution >= 4 is 27.5 Å². The number of rotatable bonds is 7. The lowest BCUT2D eigenvalue weighted by molar-refractivity contribution is -0.389. The van der Waals surface area contributed by atoms with Gasteiger partial charge in [-0.3, -0.25) is 4.21 Å². The largest absolute Gasteiger partial charge is 0.772 e. The van der Waals surface area contributed by atoms with Gasteiger partial charge in [0.2, 0.25) is 0 Å². The van der Waals surface area contributed by atoms with E-state index in [9.17, 15) is 35.1 Å². The van der Waals surface area contributed by atoms with Crippen molar-refractivity contribution in [3.63, 3.8) is 0 Å². The maximum Gasteiger partial charge on any atom is 0.430 e. The smallest absolute Gasteiger partial charge is 0.430 e. The number of halogens is 6. The normalized spacial score (nSPS) is 20.5. The van der Waals surface area contributed by atoms with Crippen LogP contribution in [0.3, 0.4) is 0 Å². The van der Waals surface area contributed by atoms with Crippen LogP contribution in [0.25, 0.3) is 0 Å². The fourth-order valence-electron chi connectivity index (χ4n) is 4.00. The topological polar surface area (TPSA) is 88.3 Å². The Labute approximate surface area is 192 Å². The number of alkyl halides is 6. The first-order chi connectivity index (χ1) is 15.3. The molecule has 1 aliphatic rings. The second-order valence-electron chi connectivity index (χ2n) is 7.78. The molecule has 2 aromatic rings. The van der Waals surface area contributed by atoms with Crippen LogP contribution >= 0.6 is 11.3 Å². The summed E-state index contributed by atoms with van der Waals surface area (Å²) in [4.78, 5) is 4.75. The van der Waals surface area contributed by atoms with E-state index in [-0.39, 0.29) is 36.4 Å². The van der Waals surface area contributed by atoms with E-state index in [1.807, 2.05) is 0 Å². The molecule has 0 radical (unpaired) electrons. The van der Waals surface area contributed by atoms with Crippen molar-refractivity contribution in [2.45, 2.75) is 61.7 Å². The van der Waals surface area contributed by atoms with E-state index in [1.165, 1.54) is 0 Å². The summed E-state index contributed by atoms with van der Waals surface area (Å²) in [5.41, 5.74) is 0.736. The number of aromatic nitrogens is 1. The van der Waals surface area contributed by atoms with Gasteiger partial charge >= 0.3 is 12.4 Å². The Bertz CT molecular complexity index is 993. The molecular formula is C20H21F6N2O3S2-. The Morgan fingerprint density at radius 2 is 1.79 bits per heavy atom. The Hall–Kier alpha value is -1.70. The third kappa shape index (κ3) is 4.52. The molecule has 0 saturated heterocycles. The molecular weight excluding hydrogens is 494 g/mol. The molecule has 2 N–H and O–H groups in total. The minimum atomic E-state index is -5.79. The highest BCUT2D eigenvalue weighted by atomic mass is 32.2. The number of nitrogens with two attached hydrogens (primary N) is 1. The number of benzene rings is 1. The second-order valence-corrected chi connectivity index (χ2v) is 10.1. The lowest BCUT2D eigenvalue weighted by Gasteiger charge is -2.40. The number of anilines is 1. The third-order valence-electron chi connectivity index (χ3n) is 5.76. The van der Waals surface area contributed by atoms with Gasteiger partial charge in [0.15, 0.2) is 5.13 Å². The zero-order valence-corrected chi connectivity index (χ0v) is 19.0. The molecule has 0 fully saturated rings. The number of fused-ring (bicyclic) bond motifs is 1. The third-order valence-corrected chi connectivity index (χ3v) is 7.91. The Balaban J connectivity index is 2.07. The van der Waals surface area contributed by atoms with Gasteiger partial charge in [-0.1, -0.05) is 37.6 Å². The van der Waals surface area contributed by atoms with Crippen LogP contribution in [0, 0.1) is 0 Å². The van der Waals surface area contributed by atoms with Crippen LogP contribution in [0.4, 0.5) is 31.5 Å². The average Bonchev–Trinajstić information content (AvgIpc) is 3.08. The van der Waals surface area contributed by atoms with E-state index in [0.29, 0.717) is 29.1 Å². The molecule has 33 heavy (non-hydrogen) atoms. The van der Waals surface area contributed by atoms with Crippen molar-refractivity contribution in [1.82, 2.24) is 4.98 Å². The molecule has 2 atom stereocenters. The molecule has 0 amide bonds.